The van der Waals surface area contributed by atoms with Gasteiger partial charge in [0.25, 0.3) is 0 Å². The fraction of sp³-hybridized carbons (Fsp3) is 0.0833. The molecule has 0 saturated heterocycles. The van der Waals surface area contributed by atoms with Crippen LogP contribution in [0.3, 0.4) is 0 Å². The van der Waals surface area contributed by atoms with Crippen LogP contribution in [0.4, 0.5) is 5.82 Å². The smallest absolute Gasteiger partial charge is 0.137 e. The zero-order valence-electron chi connectivity index (χ0n) is 8.47. The van der Waals surface area contributed by atoms with Crippen molar-refractivity contribution in [3.8, 4) is 16.9 Å². The molecule has 76 valence electrons. The van der Waals surface area contributed by atoms with E-state index in [1.54, 1.807) is 13.3 Å². The van der Waals surface area contributed by atoms with Crippen molar-refractivity contribution < 1.29 is 4.74 Å². The lowest BCUT2D eigenvalue weighted by Gasteiger charge is -2.06. The fourth-order valence-electron chi connectivity index (χ4n) is 1.42. The molecule has 0 radical (unpaired) electrons. The first kappa shape index (κ1) is 9.52. The number of pyridine rings is 1. The van der Waals surface area contributed by atoms with Gasteiger partial charge in [-0.1, -0.05) is 30.3 Å². The number of nitrogens with zero attached hydrogens (tertiary/aromatic N) is 1. The lowest BCUT2D eigenvalue weighted by atomic mass is 10.1. The number of nitrogen functional groups attached to an aromatic ring is 1. The lowest BCUT2D eigenvalue weighted by molar-refractivity contribution is 0.413. The molecule has 0 atom stereocenters. The quantitative estimate of drug-likeness (QED) is 0.809. The standard InChI is InChI=1S/C12H12N2O/c1-15-10-7-11(12(13)14-8-10)9-5-3-2-4-6-9/h2-8H,1H3,(H2,13,14). The van der Waals surface area contributed by atoms with Crippen molar-refractivity contribution in [3.63, 3.8) is 0 Å². The number of anilines is 1. The Kier molecular flexibility index (Phi) is 2.54. The summed E-state index contributed by atoms with van der Waals surface area (Å²) < 4.78 is 5.11. The first-order chi connectivity index (χ1) is 7.31. The van der Waals surface area contributed by atoms with Crippen molar-refractivity contribution in [1.29, 1.82) is 0 Å². The highest BCUT2D eigenvalue weighted by Gasteiger charge is 2.04. The molecular formula is C12H12N2O. The SMILES string of the molecule is COc1cnc(N)c(-c2ccccc2)c1. The van der Waals surface area contributed by atoms with Gasteiger partial charge >= 0.3 is 0 Å². The number of methoxy groups -OCH3 is 1. The van der Waals surface area contributed by atoms with Crippen LogP contribution in [0.1, 0.15) is 0 Å². The Balaban J connectivity index is 2.52. The van der Waals surface area contributed by atoms with Crippen LogP contribution >= 0.6 is 0 Å². The minimum atomic E-state index is 0.516. The van der Waals surface area contributed by atoms with Gasteiger partial charge in [-0.2, -0.15) is 0 Å². The van der Waals surface area contributed by atoms with Gasteiger partial charge < -0.3 is 10.5 Å². The zero-order chi connectivity index (χ0) is 10.7. The van der Waals surface area contributed by atoms with Gasteiger partial charge in [-0.3, -0.25) is 0 Å². The van der Waals surface area contributed by atoms with Gasteiger partial charge in [-0.25, -0.2) is 4.98 Å². The van der Waals surface area contributed by atoms with E-state index in [0.29, 0.717) is 11.6 Å². The molecule has 1 heterocycles. The van der Waals surface area contributed by atoms with E-state index in [-0.39, 0.29) is 0 Å². The number of rotatable bonds is 2. The van der Waals surface area contributed by atoms with Gasteiger partial charge in [0, 0.05) is 5.56 Å². The molecule has 0 aliphatic heterocycles. The van der Waals surface area contributed by atoms with Crippen molar-refractivity contribution in [2.24, 2.45) is 0 Å². The fourth-order valence-corrected chi connectivity index (χ4v) is 1.42. The summed E-state index contributed by atoms with van der Waals surface area (Å²) in [5.41, 5.74) is 7.75. The van der Waals surface area contributed by atoms with Crippen LogP contribution in [0.25, 0.3) is 11.1 Å². The Morgan fingerprint density at radius 2 is 1.93 bits per heavy atom. The number of hydrogen-bond acceptors (Lipinski definition) is 3. The Morgan fingerprint density at radius 3 is 2.60 bits per heavy atom. The molecule has 0 spiro atoms. The maximum Gasteiger partial charge on any atom is 0.137 e. The minimum absolute atomic E-state index is 0.516. The number of hydrogen-bond donors (Lipinski definition) is 1. The van der Waals surface area contributed by atoms with E-state index >= 15 is 0 Å². The van der Waals surface area contributed by atoms with Crippen molar-refractivity contribution >= 4 is 5.82 Å². The first-order valence-electron chi connectivity index (χ1n) is 4.66. The number of ether oxygens (including phenoxy) is 1. The molecule has 0 aliphatic carbocycles. The summed E-state index contributed by atoms with van der Waals surface area (Å²) in [7, 11) is 1.61. The summed E-state index contributed by atoms with van der Waals surface area (Å²) in [6.45, 7) is 0. The van der Waals surface area contributed by atoms with Gasteiger partial charge in [-0.15, -0.1) is 0 Å². The normalized spacial score (nSPS) is 9.93. The Labute approximate surface area is 88.5 Å². The Hall–Kier alpha value is -2.03. The van der Waals surface area contributed by atoms with Crippen molar-refractivity contribution in [2.75, 3.05) is 12.8 Å². The van der Waals surface area contributed by atoms with E-state index in [1.807, 2.05) is 36.4 Å². The number of nitrogens with two attached hydrogens (primary N) is 1. The van der Waals surface area contributed by atoms with Crippen molar-refractivity contribution in [3.05, 3.63) is 42.6 Å². The average molecular weight is 200 g/mol. The van der Waals surface area contributed by atoms with Crippen LogP contribution in [-0.2, 0) is 0 Å². The third-order valence-corrected chi connectivity index (χ3v) is 2.21. The second-order valence-electron chi connectivity index (χ2n) is 3.17. The molecule has 15 heavy (non-hydrogen) atoms. The lowest BCUT2D eigenvalue weighted by Crippen LogP contribution is -1.95. The van der Waals surface area contributed by atoms with Gasteiger partial charge in [0.05, 0.1) is 13.3 Å². The van der Waals surface area contributed by atoms with Gasteiger partial charge in [-0.05, 0) is 11.6 Å². The number of benzene rings is 1. The molecule has 2 aromatic rings. The Morgan fingerprint density at radius 1 is 1.20 bits per heavy atom. The predicted octanol–water partition coefficient (Wildman–Crippen LogP) is 2.34. The van der Waals surface area contributed by atoms with Crippen LogP contribution in [0.2, 0.25) is 0 Å². The van der Waals surface area contributed by atoms with Crippen LogP contribution in [0.5, 0.6) is 5.75 Å². The van der Waals surface area contributed by atoms with Crippen molar-refractivity contribution in [1.82, 2.24) is 4.98 Å². The molecule has 1 aromatic carbocycles. The molecule has 2 rings (SSSR count). The highest BCUT2D eigenvalue weighted by Crippen LogP contribution is 2.27. The van der Waals surface area contributed by atoms with Crippen molar-refractivity contribution in [2.45, 2.75) is 0 Å². The highest BCUT2D eigenvalue weighted by atomic mass is 16.5. The topological polar surface area (TPSA) is 48.1 Å². The summed E-state index contributed by atoms with van der Waals surface area (Å²) in [6, 6.07) is 11.8. The van der Waals surface area contributed by atoms with E-state index in [9.17, 15) is 0 Å². The second-order valence-corrected chi connectivity index (χ2v) is 3.17. The number of aromatic nitrogens is 1. The molecule has 0 fully saturated rings. The van der Waals surface area contributed by atoms with Crippen LogP contribution in [0.15, 0.2) is 42.6 Å². The third-order valence-electron chi connectivity index (χ3n) is 2.21. The zero-order valence-corrected chi connectivity index (χ0v) is 8.47. The first-order valence-corrected chi connectivity index (χ1v) is 4.66. The molecular weight excluding hydrogens is 188 g/mol. The van der Waals surface area contributed by atoms with Gasteiger partial charge in [0.2, 0.25) is 0 Å². The van der Waals surface area contributed by atoms with Gasteiger partial charge in [0.15, 0.2) is 0 Å². The van der Waals surface area contributed by atoms with Crippen LogP contribution in [-0.4, -0.2) is 12.1 Å². The van der Waals surface area contributed by atoms with Crippen LogP contribution in [0, 0.1) is 0 Å². The maximum absolute atomic E-state index is 5.81. The molecule has 3 nitrogen and oxygen atoms in total. The largest absolute Gasteiger partial charge is 0.495 e. The summed E-state index contributed by atoms with van der Waals surface area (Å²) in [5, 5.41) is 0. The molecule has 0 amide bonds. The summed E-state index contributed by atoms with van der Waals surface area (Å²) >= 11 is 0. The van der Waals surface area contributed by atoms with Gasteiger partial charge in [0.1, 0.15) is 11.6 Å². The highest BCUT2D eigenvalue weighted by molar-refractivity contribution is 5.74. The van der Waals surface area contributed by atoms with E-state index < -0.39 is 0 Å². The molecule has 0 unspecified atom stereocenters. The Bertz CT molecular complexity index is 454. The molecule has 0 aliphatic rings. The van der Waals surface area contributed by atoms with Crippen LogP contribution < -0.4 is 10.5 Å². The molecule has 0 bridgehead atoms. The summed E-state index contributed by atoms with van der Waals surface area (Å²) in [5.74, 6) is 1.23. The molecule has 1 aromatic heterocycles. The molecule has 0 saturated carbocycles. The second kappa shape index (κ2) is 4.00. The predicted molar refractivity (Wildman–Crippen MR) is 60.6 cm³/mol. The third kappa shape index (κ3) is 1.91. The molecule has 3 heteroatoms. The monoisotopic (exact) mass is 200 g/mol. The van der Waals surface area contributed by atoms with E-state index in [0.717, 1.165) is 11.1 Å². The maximum atomic E-state index is 5.81. The minimum Gasteiger partial charge on any atom is -0.495 e. The van der Waals surface area contributed by atoms with E-state index in [2.05, 4.69) is 4.98 Å². The van der Waals surface area contributed by atoms with E-state index in [4.69, 9.17) is 10.5 Å². The summed E-state index contributed by atoms with van der Waals surface area (Å²) in [6.07, 6.45) is 1.61. The molecule has 2 N–H and O–H groups in total. The van der Waals surface area contributed by atoms with E-state index in [1.165, 1.54) is 0 Å². The summed E-state index contributed by atoms with van der Waals surface area (Å²) in [4.78, 5) is 4.08. The average Bonchev–Trinajstić information content (AvgIpc) is 2.31.